The van der Waals surface area contributed by atoms with Crippen molar-refractivity contribution in [2.24, 2.45) is 0 Å². The van der Waals surface area contributed by atoms with E-state index in [1.807, 2.05) is 6.92 Å². The van der Waals surface area contributed by atoms with Crippen LogP contribution in [0.4, 0.5) is 14.5 Å². The molecule has 0 aromatic heterocycles. The van der Waals surface area contributed by atoms with Crippen molar-refractivity contribution < 1.29 is 13.5 Å². The lowest BCUT2D eigenvalue weighted by atomic mass is 10.1. The second kappa shape index (κ2) is 5.31. The number of hydrogen-bond donors (Lipinski definition) is 0. The van der Waals surface area contributed by atoms with Gasteiger partial charge in [0.25, 0.3) is 0 Å². The summed E-state index contributed by atoms with van der Waals surface area (Å²) in [5, 5.41) is 0.445. The van der Waals surface area contributed by atoms with Crippen molar-refractivity contribution in [3.63, 3.8) is 0 Å². The fourth-order valence-electron chi connectivity index (χ4n) is 2.02. The first-order chi connectivity index (χ1) is 8.11. The maximum absolute atomic E-state index is 13.9. The maximum Gasteiger partial charge on any atom is 0.149 e. The van der Waals surface area contributed by atoms with Gasteiger partial charge in [0, 0.05) is 18.4 Å². The van der Waals surface area contributed by atoms with Crippen molar-refractivity contribution in [3.8, 4) is 0 Å². The summed E-state index contributed by atoms with van der Waals surface area (Å²) >= 11 is 3.19. The zero-order valence-electron chi connectivity index (χ0n) is 9.55. The highest BCUT2D eigenvalue weighted by Crippen LogP contribution is 2.27. The van der Waals surface area contributed by atoms with Gasteiger partial charge in [-0.3, -0.25) is 0 Å². The van der Waals surface area contributed by atoms with Crippen molar-refractivity contribution in [1.29, 1.82) is 0 Å². The Kier molecular flexibility index (Phi) is 3.99. The van der Waals surface area contributed by atoms with Gasteiger partial charge in [-0.1, -0.05) is 15.9 Å². The summed E-state index contributed by atoms with van der Waals surface area (Å²) in [6.45, 7) is 3.43. The summed E-state index contributed by atoms with van der Waals surface area (Å²) in [4.78, 5) is 1.71. The Bertz CT molecular complexity index is 390. The molecule has 0 aliphatic carbocycles. The van der Waals surface area contributed by atoms with Gasteiger partial charge in [-0.2, -0.15) is 0 Å². The minimum atomic E-state index is -0.506. The molecular formula is C12H14BrF2NO. The summed E-state index contributed by atoms with van der Waals surface area (Å²) in [7, 11) is 0. The van der Waals surface area contributed by atoms with Crippen LogP contribution < -0.4 is 4.90 Å². The molecule has 0 bridgehead atoms. The van der Waals surface area contributed by atoms with Crippen LogP contribution in [0.2, 0.25) is 0 Å². The highest BCUT2D eigenvalue weighted by atomic mass is 79.9. The molecule has 17 heavy (non-hydrogen) atoms. The zero-order chi connectivity index (χ0) is 12.4. The lowest BCUT2D eigenvalue weighted by Gasteiger charge is -2.33. The van der Waals surface area contributed by atoms with E-state index in [9.17, 15) is 8.78 Å². The molecule has 1 atom stereocenters. The number of benzene rings is 1. The van der Waals surface area contributed by atoms with Gasteiger partial charge < -0.3 is 9.64 Å². The molecule has 0 radical (unpaired) electrons. The monoisotopic (exact) mass is 305 g/mol. The van der Waals surface area contributed by atoms with Gasteiger partial charge in [0.15, 0.2) is 0 Å². The first-order valence-corrected chi connectivity index (χ1v) is 6.64. The average Bonchev–Trinajstić information content (AvgIpc) is 2.28. The van der Waals surface area contributed by atoms with E-state index in [0.29, 0.717) is 30.6 Å². The minimum absolute atomic E-state index is 0.00148. The largest absolute Gasteiger partial charge is 0.375 e. The topological polar surface area (TPSA) is 12.5 Å². The fourth-order valence-corrected chi connectivity index (χ4v) is 2.34. The van der Waals surface area contributed by atoms with Crippen molar-refractivity contribution in [1.82, 2.24) is 0 Å². The van der Waals surface area contributed by atoms with Crippen LogP contribution in [0, 0.1) is 11.6 Å². The van der Waals surface area contributed by atoms with Gasteiger partial charge in [-0.15, -0.1) is 0 Å². The summed E-state index contributed by atoms with van der Waals surface area (Å²) in [5.74, 6) is -1.01. The third-order valence-electron chi connectivity index (χ3n) is 2.79. The summed E-state index contributed by atoms with van der Waals surface area (Å²) in [6.07, 6.45) is -0.00148. The third kappa shape index (κ3) is 2.77. The lowest BCUT2D eigenvalue weighted by Crippen LogP contribution is -2.42. The lowest BCUT2D eigenvalue weighted by molar-refractivity contribution is 0.0527. The normalized spacial score (nSPS) is 20.7. The number of hydrogen-bond acceptors (Lipinski definition) is 2. The predicted molar refractivity (Wildman–Crippen MR) is 66.6 cm³/mol. The van der Waals surface area contributed by atoms with Crippen molar-refractivity contribution in [2.45, 2.75) is 18.4 Å². The van der Waals surface area contributed by atoms with Gasteiger partial charge in [-0.05, 0) is 24.6 Å². The standard InChI is InChI=1S/C12H14BrF2NO/c1-8-7-16(2-3-17-8)12-10(14)4-9(6-13)5-11(12)15/h4-5,8H,2-3,6-7H2,1H3. The van der Waals surface area contributed by atoms with Crippen LogP contribution in [-0.2, 0) is 10.1 Å². The molecule has 0 saturated carbocycles. The van der Waals surface area contributed by atoms with Crippen LogP contribution in [0.1, 0.15) is 12.5 Å². The van der Waals surface area contributed by atoms with Crippen LogP contribution in [0.25, 0.3) is 0 Å². The van der Waals surface area contributed by atoms with Crippen molar-refractivity contribution in [3.05, 3.63) is 29.3 Å². The van der Waals surface area contributed by atoms with E-state index in [-0.39, 0.29) is 11.8 Å². The molecule has 2 nitrogen and oxygen atoms in total. The van der Waals surface area contributed by atoms with Crippen LogP contribution in [0.15, 0.2) is 12.1 Å². The van der Waals surface area contributed by atoms with Gasteiger partial charge in [0.1, 0.15) is 17.3 Å². The van der Waals surface area contributed by atoms with E-state index in [2.05, 4.69) is 15.9 Å². The number of rotatable bonds is 2. The van der Waals surface area contributed by atoms with Crippen LogP contribution >= 0.6 is 15.9 Å². The van der Waals surface area contributed by atoms with Crippen LogP contribution in [0.5, 0.6) is 0 Å². The SMILES string of the molecule is CC1CN(c2c(F)cc(CBr)cc2F)CCO1. The number of alkyl halides is 1. The molecule has 1 aliphatic heterocycles. The number of morpholine rings is 1. The molecule has 2 rings (SSSR count). The molecule has 0 N–H and O–H groups in total. The predicted octanol–water partition coefficient (Wildman–Crippen LogP) is 3.08. The molecule has 1 fully saturated rings. The summed E-state index contributed by atoms with van der Waals surface area (Å²) < 4.78 is 33.1. The van der Waals surface area contributed by atoms with E-state index in [4.69, 9.17) is 4.74 Å². The summed E-state index contributed by atoms with van der Waals surface area (Å²) in [6, 6.07) is 2.74. The number of halogens is 3. The molecule has 1 saturated heterocycles. The highest BCUT2D eigenvalue weighted by Gasteiger charge is 2.23. The van der Waals surface area contributed by atoms with E-state index in [1.54, 1.807) is 4.90 Å². The van der Waals surface area contributed by atoms with Gasteiger partial charge in [0.05, 0.1) is 12.7 Å². The van der Waals surface area contributed by atoms with Crippen molar-refractivity contribution in [2.75, 3.05) is 24.6 Å². The Hall–Kier alpha value is -0.680. The third-order valence-corrected chi connectivity index (χ3v) is 3.44. The molecule has 5 heteroatoms. The first-order valence-electron chi connectivity index (χ1n) is 5.52. The molecular weight excluding hydrogens is 292 g/mol. The second-order valence-electron chi connectivity index (χ2n) is 4.17. The van der Waals surface area contributed by atoms with Gasteiger partial charge in [0.2, 0.25) is 0 Å². The quantitative estimate of drug-likeness (QED) is 0.779. The van der Waals surface area contributed by atoms with Gasteiger partial charge in [-0.25, -0.2) is 8.78 Å². The van der Waals surface area contributed by atoms with Crippen LogP contribution in [0.3, 0.4) is 0 Å². The molecule has 1 heterocycles. The van der Waals surface area contributed by atoms with E-state index in [1.165, 1.54) is 12.1 Å². The second-order valence-corrected chi connectivity index (χ2v) is 4.73. The average molecular weight is 306 g/mol. The Morgan fingerprint density at radius 2 is 2.06 bits per heavy atom. The molecule has 1 aromatic carbocycles. The Balaban J connectivity index is 2.31. The van der Waals surface area contributed by atoms with Gasteiger partial charge >= 0.3 is 0 Å². The number of anilines is 1. The van der Waals surface area contributed by atoms with Crippen molar-refractivity contribution >= 4 is 21.6 Å². The molecule has 1 unspecified atom stereocenters. The molecule has 0 amide bonds. The Labute approximate surface area is 108 Å². The fraction of sp³-hybridized carbons (Fsp3) is 0.500. The van der Waals surface area contributed by atoms with E-state index >= 15 is 0 Å². The minimum Gasteiger partial charge on any atom is -0.375 e. The number of ether oxygens (including phenoxy) is 1. The highest BCUT2D eigenvalue weighted by molar-refractivity contribution is 9.08. The smallest absolute Gasteiger partial charge is 0.149 e. The maximum atomic E-state index is 13.9. The molecule has 1 aliphatic rings. The van der Waals surface area contributed by atoms with Crippen LogP contribution in [-0.4, -0.2) is 25.8 Å². The first kappa shape index (κ1) is 12.8. The summed E-state index contributed by atoms with van der Waals surface area (Å²) in [5.41, 5.74) is 0.662. The van der Waals surface area contributed by atoms with E-state index in [0.717, 1.165) is 0 Å². The molecule has 94 valence electrons. The number of nitrogens with zero attached hydrogens (tertiary/aromatic N) is 1. The molecule has 1 aromatic rings. The Morgan fingerprint density at radius 3 is 2.59 bits per heavy atom. The Morgan fingerprint density at radius 1 is 1.41 bits per heavy atom. The van der Waals surface area contributed by atoms with E-state index < -0.39 is 11.6 Å². The molecule has 0 spiro atoms. The zero-order valence-corrected chi connectivity index (χ0v) is 11.1.